The largest absolute Gasteiger partial charge is 0.481 e. The maximum atomic E-state index is 12.5. The van der Waals surface area contributed by atoms with Gasteiger partial charge in [-0.1, -0.05) is 60.4 Å². The van der Waals surface area contributed by atoms with Crippen LogP contribution >= 0.6 is 34.8 Å². The van der Waals surface area contributed by atoms with Gasteiger partial charge in [-0.15, -0.1) is 0 Å². The topological polar surface area (TPSA) is 213 Å². The van der Waals surface area contributed by atoms with Crippen LogP contribution < -0.4 is 16.8 Å². The number of primary amides is 1. The van der Waals surface area contributed by atoms with Gasteiger partial charge in [0.25, 0.3) is 5.91 Å². The molecule has 8 aromatic rings. The van der Waals surface area contributed by atoms with E-state index in [1.54, 1.807) is 48.9 Å². The summed E-state index contributed by atoms with van der Waals surface area (Å²) in [6, 6.07) is 24.0. The molecule has 0 saturated heterocycles. The number of carbonyl (C=O) groups is 3. The van der Waals surface area contributed by atoms with E-state index in [2.05, 4.69) is 30.2 Å². The van der Waals surface area contributed by atoms with E-state index in [-0.39, 0.29) is 37.8 Å². The number of oxazole rings is 1. The first-order valence-corrected chi connectivity index (χ1v) is 19.4. The number of nitrogens with one attached hydrogen (secondary N) is 1. The smallest absolute Gasteiger partial charge is 0.307 e. The van der Waals surface area contributed by atoms with E-state index in [0.29, 0.717) is 39.7 Å². The highest BCUT2D eigenvalue weighted by molar-refractivity contribution is 6.31. The van der Waals surface area contributed by atoms with Crippen molar-refractivity contribution in [3.05, 3.63) is 164 Å². The van der Waals surface area contributed by atoms with Crippen LogP contribution in [0.3, 0.4) is 0 Å². The van der Waals surface area contributed by atoms with Gasteiger partial charge in [0.15, 0.2) is 5.89 Å². The maximum absolute atomic E-state index is 12.5. The van der Waals surface area contributed by atoms with Gasteiger partial charge in [-0.2, -0.15) is 0 Å². The highest BCUT2D eigenvalue weighted by Gasteiger charge is 2.15. The molecule has 0 bridgehead atoms. The Morgan fingerprint density at radius 1 is 0.689 bits per heavy atom. The number of hydrogen-bond acceptors (Lipinski definition) is 10. The van der Waals surface area contributed by atoms with Crippen molar-refractivity contribution in [1.82, 2.24) is 30.2 Å². The molecule has 3 aromatic carbocycles. The summed E-state index contributed by atoms with van der Waals surface area (Å²) in [5.41, 5.74) is 18.7. The second-order valence-corrected chi connectivity index (χ2v) is 15.0. The van der Waals surface area contributed by atoms with Crippen LogP contribution in [0.5, 0.6) is 0 Å². The number of aryl methyl sites for hydroxylation is 2. The number of pyridine rings is 4. The van der Waals surface area contributed by atoms with Gasteiger partial charge in [-0.3, -0.25) is 29.3 Å². The number of nitrogen functional groups attached to an aromatic ring is 1. The molecular formula is C45H41Cl3N8O5. The fourth-order valence-corrected chi connectivity index (χ4v) is 6.75. The number of rotatable bonds is 9. The van der Waals surface area contributed by atoms with E-state index in [4.69, 9.17) is 55.8 Å². The Kier molecular flexibility index (Phi) is 15.3. The Bertz CT molecular complexity index is 2770. The van der Waals surface area contributed by atoms with Crippen LogP contribution in [0.25, 0.3) is 32.7 Å². The quantitative estimate of drug-likeness (QED) is 0.107. The molecule has 312 valence electrons. The average Bonchev–Trinajstić information content (AvgIpc) is 3.65. The van der Waals surface area contributed by atoms with Crippen LogP contribution in [0.2, 0.25) is 15.1 Å². The molecule has 0 fully saturated rings. The summed E-state index contributed by atoms with van der Waals surface area (Å²) in [4.78, 5) is 54.8. The zero-order chi connectivity index (χ0) is 42.9. The minimum absolute atomic E-state index is 0. The number of aromatic nitrogens is 5. The van der Waals surface area contributed by atoms with Crippen molar-refractivity contribution in [3.8, 4) is 0 Å². The molecular weight excluding hydrogens is 839 g/mol. The van der Waals surface area contributed by atoms with Gasteiger partial charge >= 0.3 is 5.97 Å². The Labute approximate surface area is 366 Å². The number of halogens is 3. The van der Waals surface area contributed by atoms with Gasteiger partial charge in [-0.25, -0.2) is 9.97 Å². The number of carbonyl (C=O) groups excluding carboxylic acids is 2. The SMILES string of the molecule is C.Cc1cc(N)nc(C)c1CNC(=O)c1cnc(Cc2ccc3ncc(Cl)cc3c2)o1.NC(=O)Cc1ccc2ncc(Cl)cc2c1.O=C(O)Cc1ccc2ncc(Cl)cc2c1. The second-order valence-electron chi connectivity index (χ2n) is 13.7. The molecule has 0 radical (unpaired) electrons. The number of hydrogen-bond donors (Lipinski definition) is 4. The zero-order valence-electron chi connectivity index (χ0n) is 32.2. The summed E-state index contributed by atoms with van der Waals surface area (Å²) >= 11 is 17.6. The van der Waals surface area contributed by atoms with Gasteiger partial charge in [0.2, 0.25) is 11.7 Å². The molecule has 6 N–H and O–H groups in total. The lowest BCUT2D eigenvalue weighted by molar-refractivity contribution is -0.136. The van der Waals surface area contributed by atoms with Crippen LogP contribution in [0.1, 0.15) is 57.4 Å². The first kappa shape index (κ1) is 45.4. The second kappa shape index (κ2) is 20.5. The molecule has 5 aromatic heterocycles. The van der Waals surface area contributed by atoms with Gasteiger partial charge in [0, 0.05) is 53.4 Å². The third-order valence-corrected chi connectivity index (χ3v) is 9.62. The zero-order valence-corrected chi connectivity index (χ0v) is 34.5. The summed E-state index contributed by atoms with van der Waals surface area (Å²) < 4.78 is 5.65. The van der Waals surface area contributed by atoms with Crippen LogP contribution in [0, 0.1) is 13.8 Å². The number of aliphatic carboxylic acids is 1. The van der Waals surface area contributed by atoms with Crippen molar-refractivity contribution < 1.29 is 23.9 Å². The summed E-state index contributed by atoms with van der Waals surface area (Å²) in [5.74, 6) is -0.440. The number of nitrogens with two attached hydrogens (primary N) is 2. The molecule has 8 rings (SSSR count). The van der Waals surface area contributed by atoms with E-state index >= 15 is 0 Å². The molecule has 0 aliphatic rings. The lowest BCUT2D eigenvalue weighted by atomic mass is 10.1. The van der Waals surface area contributed by atoms with E-state index in [0.717, 1.165) is 66.2 Å². The fourth-order valence-electron chi connectivity index (χ4n) is 6.25. The number of carboxylic acids is 1. The molecule has 61 heavy (non-hydrogen) atoms. The van der Waals surface area contributed by atoms with Crippen molar-refractivity contribution in [3.63, 3.8) is 0 Å². The van der Waals surface area contributed by atoms with E-state index in [1.165, 1.54) is 6.20 Å². The molecule has 0 saturated carbocycles. The van der Waals surface area contributed by atoms with Crippen LogP contribution in [-0.2, 0) is 35.4 Å². The molecule has 2 amide bonds. The standard InChI is InChI=1S/C22H20ClN5O2.C11H9ClN2O.C11H8ClNO2.CH4/c1-12-5-20(24)28-13(2)17(12)10-27-22(29)19-11-26-21(30-19)7-14-3-4-18-15(6-14)8-16(23)9-25-18;12-9-5-8-3-7(4-11(13)15)1-2-10(8)14-6-9;12-9-5-8-3-7(4-11(14)15)1-2-10(8)13-6-9;/h3-6,8-9,11H,7,10H2,1-2H3,(H2,24,28)(H,27,29);1-3,5-6H,4H2,(H2,13,15);1-3,5-6H,4H2,(H,14,15);1H4. The Morgan fingerprint density at radius 3 is 1.67 bits per heavy atom. The number of amides is 2. The van der Waals surface area contributed by atoms with Crippen LogP contribution in [0.4, 0.5) is 5.82 Å². The van der Waals surface area contributed by atoms with Gasteiger partial charge in [0.05, 0.1) is 50.7 Å². The molecule has 0 aliphatic heterocycles. The first-order valence-electron chi connectivity index (χ1n) is 18.3. The van der Waals surface area contributed by atoms with Crippen molar-refractivity contribution in [2.75, 3.05) is 5.73 Å². The molecule has 16 heteroatoms. The summed E-state index contributed by atoms with van der Waals surface area (Å²) in [5, 5.41) is 15.9. The third-order valence-electron chi connectivity index (χ3n) is 9.00. The lowest BCUT2D eigenvalue weighted by Gasteiger charge is -2.10. The normalized spacial score (nSPS) is 10.6. The number of nitrogens with zero attached hydrogens (tertiary/aromatic N) is 5. The summed E-state index contributed by atoms with van der Waals surface area (Å²) in [7, 11) is 0. The monoisotopic (exact) mass is 878 g/mol. The average molecular weight is 880 g/mol. The Morgan fingerprint density at radius 2 is 1.18 bits per heavy atom. The summed E-state index contributed by atoms with van der Waals surface area (Å²) in [6.07, 6.45) is 6.93. The summed E-state index contributed by atoms with van der Waals surface area (Å²) in [6.45, 7) is 4.13. The van der Waals surface area contributed by atoms with Crippen molar-refractivity contribution in [2.24, 2.45) is 5.73 Å². The number of anilines is 1. The van der Waals surface area contributed by atoms with E-state index < -0.39 is 5.97 Å². The van der Waals surface area contributed by atoms with Gasteiger partial charge in [-0.05, 0) is 102 Å². The van der Waals surface area contributed by atoms with E-state index in [1.807, 2.05) is 62.4 Å². The molecule has 0 unspecified atom stereocenters. The fraction of sp³-hybridized carbons (Fsp3) is 0.156. The number of fused-ring (bicyclic) bond motifs is 3. The lowest BCUT2D eigenvalue weighted by Crippen LogP contribution is -2.23. The van der Waals surface area contributed by atoms with Gasteiger partial charge < -0.3 is 26.3 Å². The van der Waals surface area contributed by atoms with E-state index in [9.17, 15) is 14.4 Å². The predicted molar refractivity (Wildman–Crippen MR) is 240 cm³/mol. The number of carboxylic acid groups (broad SMARTS) is 1. The van der Waals surface area contributed by atoms with Crippen molar-refractivity contribution in [1.29, 1.82) is 0 Å². The molecule has 0 aliphatic carbocycles. The molecule has 0 atom stereocenters. The van der Waals surface area contributed by atoms with Crippen molar-refractivity contribution >= 4 is 91.1 Å². The third kappa shape index (κ3) is 12.7. The molecule has 5 heterocycles. The predicted octanol–water partition coefficient (Wildman–Crippen LogP) is 9.06. The van der Waals surface area contributed by atoms with Gasteiger partial charge in [0.1, 0.15) is 5.82 Å². The number of benzene rings is 3. The highest BCUT2D eigenvalue weighted by atomic mass is 35.5. The Hall–Kier alpha value is -6.67. The maximum Gasteiger partial charge on any atom is 0.307 e. The Balaban J connectivity index is 0.000000191. The first-order chi connectivity index (χ1) is 28.7. The van der Waals surface area contributed by atoms with Crippen molar-refractivity contribution in [2.45, 2.75) is 47.1 Å². The van der Waals surface area contributed by atoms with Crippen LogP contribution in [0.15, 0.2) is 108 Å². The highest BCUT2D eigenvalue weighted by Crippen LogP contribution is 2.22. The minimum Gasteiger partial charge on any atom is -0.481 e. The molecule has 13 nitrogen and oxygen atoms in total. The minimum atomic E-state index is -0.843. The van der Waals surface area contributed by atoms with Crippen LogP contribution in [-0.4, -0.2) is 47.8 Å². The molecule has 0 spiro atoms.